The second kappa shape index (κ2) is 12.5. The summed E-state index contributed by atoms with van der Waals surface area (Å²) in [5.74, 6) is 1.91. The number of hydrogen-bond donors (Lipinski definition) is 1. The molecule has 1 N–H and O–H groups in total. The van der Waals surface area contributed by atoms with E-state index in [0.717, 1.165) is 50.7 Å². The number of nitrogens with one attached hydrogen (secondary N) is 1. The lowest BCUT2D eigenvalue weighted by molar-refractivity contribution is -0.132. The highest BCUT2D eigenvalue weighted by atomic mass is 127. The van der Waals surface area contributed by atoms with E-state index in [2.05, 4.69) is 45.5 Å². The zero-order valence-electron chi connectivity index (χ0n) is 18.6. The number of fused-ring (bicyclic) bond motifs is 1. The molecule has 6 nitrogen and oxygen atoms in total. The number of halogens is 1. The molecule has 1 heterocycles. The van der Waals surface area contributed by atoms with Gasteiger partial charge in [0.1, 0.15) is 5.75 Å². The maximum absolute atomic E-state index is 12.6. The summed E-state index contributed by atoms with van der Waals surface area (Å²) in [6.07, 6.45) is 2.28. The van der Waals surface area contributed by atoms with Crippen molar-refractivity contribution in [3.05, 3.63) is 65.2 Å². The van der Waals surface area contributed by atoms with Crippen molar-refractivity contribution in [3.63, 3.8) is 0 Å². The summed E-state index contributed by atoms with van der Waals surface area (Å²) < 4.78 is 5.21. The van der Waals surface area contributed by atoms with Gasteiger partial charge in [-0.15, -0.1) is 24.0 Å². The van der Waals surface area contributed by atoms with E-state index in [0.29, 0.717) is 6.42 Å². The number of guanidine groups is 1. The predicted octanol–water partition coefficient (Wildman–Crippen LogP) is 3.69. The van der Waals surface area contributed by atoms with Crippen molar-refractivity contribution >= 4 is 35.8 Å². The highest BCUT2D eigenvalue weighted by Gasteiger charge is 2.19. The number of rotatable bonds is 7. The van der Waals surface area contributed by atoms with E-state index in [1.54, 1.807) is 14.2 Å². The zero-order chi connectivity index (χ0) is 21.3. The molecule has 7 heteroatoms. The van der Waals surface area contributed by atoms with Crippen LogP contribution >= 0.6 is 24.0 Å². The third-order valence-electron chi connectivity index (χ3n) is 5.49. The fraction of sp³-hybridized carbons (Fsp3) is 0.417. The van der Waals surface area contributed by atoms with Gasteiger partial charge in [0.15, 0.2) is 5.96 Å². The lowest BCUT2D eigenvalue weighted by Crippen LogP contribution is -2.39. The number of methoxy groups -OCH3 is 1. The molecule has 0 bridgehead atoms. The molecule has 0 atom stereocenters. The van der Waals surface area contributed by atoms with Crippen LogP contribution in [0.1, 0.15) is 29.5 Å². The SMILES string of the molecule is CN=C(NCCCC(=O)N1CCc2ccccc2C1)N(C)Cc1ccc(OC)cc1.I. The van der Waals surface area contributed by atoms with Crippen LogP contribution < -0.4 is 10.1 Å². The molecule has 0 aliphatic carbocycles. The lowest BCUT2D eigenvalue weighted by Gasteiger charge is -2.29. The van der Waals surface area contributed by atoms with Gasteiger partial charge >= 0.3 is 0 Å². The molecule has 0 fully saturated rings. The first-order valence-corrected chi connectivity index (χ1v) is 10.5. The standard InChI is InChI=1S/C24H32N4O2.HI/c1-25-24(27(2)17-19-10-12-22(30-3)13-11-19)26-15-6-9-23(29)28-16-14-20-7-4-5-8-21(20)18-28;/h4-5,7-8,10-13H,6,9,14-18H2,1-3H3,(H,25,26);1H. The smallest absolute Gasteiger partial charge is 0.222 e. The van der Waals surface area contributed by atoms with E-state index in [9.17, 15) is 4.79 Å². The molecule has 31 heavy (non-hydrogen) atoms. The molecule has 3 rings (SSSR count). The van der Waals surface area contributed by atoms with Crippen LogP contribution in [0.5, 0.6) is 5.75 Å². The summed E-state index contributed by atoms with van der Waals surface area (Å²) in [6.45, 7) is 3.01. The number of hydrogen-bond acceptors (Lipinski definition) is 3. The molecular weight excluding hydrogens is 503 g/mol. The van der Waals surface area contributed by atoms with E-state index in [4.69, 9.17) is 4.74 Å². The van der Waals surface area contributed by atoms with Gasteiger partial charge in [-0.25, -0.2) is 0 Å². The van der Waals surface area contributed by atoms with Crippen molar-refractivity contribution < 1.29 is 9.53 Å². The van der Waals surface area contributed by atoms with Gasteiger partial charge in [0.2, 0.25) is 5.91 Å². The number of nitrogens with zero attached hydrogens (tertiary/aromatic N) is 3. The Hall–Kier alpha value is -2.29. The van der Waals surface area contributed by atoms with E-state index >= 15 is 0 Å². The van der Waals surface area contributed by atoms with Crippen molar-refractivity contribution in [2.45, 2.75) is 32.4 Å². The quantitative estimate of drug-likeness (QED) is 0.254. The third kappa shape index (κ3) is 7.12. The summed E-state index contributed by atoms with van der Waals surface area (Å²) in [7, 11) is 5.46. The molecule has 0 radical (unpaired) electrons. The maximum atomic E-state index is 12.6. The Morgan fingerprint density at radius 3 is 2.55 bits per heavy atom. The highest BCUT2D eigenvalue weighted by Crippen LogP contribution is 2.19. The van der Waals surface area contributed by atoms with Gasteiger partial charge in [-0.05, 0) is 41.7 Å². The number of carbonyl (C=O) groups is 1. The number of ether oxygens (including phenoxy) is 1. The first-order chi connectivity index (χ1) is 14.6. The molecule has 0 saturated heterocycles. The molecule has 1 aliphatic rings. The van der Waals surface area contributed by atoms with Crippen molar-refractivity contribution in [2.24, 2.45) is 4.99 Å². The molecule has 168 valence electrons. The van der Waals surface area contributed by atoms with Crippen LogP contribution in [0.4, 0.5) is 0 Å². The molecule has 2 aromatic rings. The number of benzene rings is 2. The maximum Gasteiger partial charge on any atom is 0.222 e. The Bertz CT molecular complexity index is 870. The number of carbonyl (C=O) groups excluding carboxylic acids is 1. The molecule has 0 spiro atoms. The average Bonchev–Trinajstić information content (AvgIpc) is 2.79. The summed E-state index contributed by atoms with van der Waals surface area (Å²) in [4.78, 5) is 21.0. The Morgan fingerprint density at radius 2 is 1.87 bits per heavy atom. The van der Waals surface area contributed by atoms with E-state index < -0.39 is 0 Å². The fourth-order valence-corrected chi connectivity index (χ4v) is 3.77. The minimum Gasteiger partial charge on any atom is -0.497 e. The van der Waals surface area contributed by atoms with Gasteiger partial charge in [0.25, 0.3) is 0 Å². The highest BCUT2D eigenvalue weighted by molar-refractivity contribution is 14.0. The topological polar surface area (TPSA) is 57.2 Å². The second-order valence-electron chi connectivity index (χ2n) is 7.62. The minimum absolute atomic E-state index is 0. The van der Waals surface area contributed by atoms with Gasteiger partial charge in [-0.2, -0.15) is 0 Å². The van der Waals surface area contributed by atoms with Crippen LogP contribution in [0, 0.1) is 0 Å². The molecular formula is C24H33IN4O2. The summed E-state index contributed by atoms with van der Waals surface area (Å²) in [5.41, 5.74) is 3.82. The average molecular weight is 536 g/mol. The Balaban J connectivity index is 0.00000341. The molecule has 2 aromatic carbocycles. The summed E-state index contributed by atoms with van der Waals surface area (Å²) in [6, 6.07) is 16.4. The van der Waals surface area contributed by atoms with E-state index in [1.165, 1.54) is 16.7 Å². The van der Waals surface area contributed by atoms with Crippen molar-refractivity contribution in [2.75, 3.05) is 34.3 Å². The van der Waals surface area contributed by atoms with Crippen LogP contribution in [0.3, 0.4) is 0 Å². The van der Waals surface area contributed by atoms with Crippen LogP contribution in [0.2, 0.25) is 0 Å². The fourth-order valence-electron chi connectivity index (χ4n) is 3.77. The predicted molar refractivity (Wildman–Crippen MR) is 136 cm³/mol. The Labute approximate surface area is 202 Å². The second-order valence-corrected chi connectivity index (χ2v) is 7.62. The molecule has 0 unspecified atom stereocenters. The van der Waals surface area contributed by atoms with E-state index in [1.807, 2.05) is 30.1 Å². The summed E-state index contributed by atoms with van der Waals surface area (Å²) in [5, 5.41) is 3.37. The number of amides is 1. The van der Waals surface area contributed by atoms with Crippen LogP contribution in [0.25, 0.3) is 0 Å². The number of aliphatic imine (C=N–C) groups is 1. The van der Waals surface area contributed by atoms with Crippen molar-refractivity contribution in [1.82, 2.24) is 15.1 Å². The molecule has 0 saturated carbocycles. The summed E-state index contributed by atoms with van der Waals surface area (Å²) >= 11 is 0. The lowest BCUT2D eigenvalue weighted by atomic mass is 9.99. The normalized spacial score (nSPS) is 13.1. The van der Waals surface area contributed by atoms with Crippen molar-refractivity contribution in [3.8, 4) is 5.75 Å². The van der Waals surface area contributed by atoms with Gasteiger partial charge in [0.05, 0.1) is 7.11 Å². The minimum atomic E-state index is 0. The largest absolute Gasteiger partial charge is 0.497 e. The van der Waals surface area contributed by atoms with Crippen LogP contribution in [0.15, 0.2) is 53.5 Å². The monoisotopic (exact) mass is 536 g/mol. The molecule has 1 amide bonds. The molecule has 0 aromatic heterocycles. The Morgan fingerprint density at radius 1 is 1.16 bits per heavy atom. The van der Waals surface area contributed by atoms with E-state index in [-0.39, 0.29) is 29.9 Å². The van der Waals surface area contributed by atoms with Gasteiger partial charge in [-0.3, -0.25) is 9.79 Å². The zero-order valence-corrected chi connectivity index (χ0v) is 21.0. The van der Waals surface area contributed by atoms with Crippen molar-refractivity contribution in [1.29, 1.82) is 0 Å². The Kier molecular flexibility index (Phi) is 10.1. The van der Waals surface area contributed by atoms with Crippen LogP contribution in [-0.2, 0) is 24.3 Å². The first-order valence-electron chi connectivity index (χ1n) is 10.5. The van der Waals surface area contributed by atoms with Gasteiger partial charge < -0.3 is 19.9 Å². The molecule has 1 aliphatic heterocycles. The van der Waals surface area contributed by atoms with Gasteiger partial charge in [0, 0.05) is 46.7 Å². The third-order valence-corrected chi connectivity index (χ3v) is 5.49. The van der Waals surface area contributed by atoms with Gasteiger partial charge in [-0.1, -0.05) is 36.4 Å². The van der Waals surface area contributed by atoms with Crippen LogP contribution in [-0.4, -0.2) is 56.0 Å². The first kappa shape index (κ1) is 25.0.